The van der Waals surface area contributed by atoms with Gasteiger partial charge in [-0.05, 0) is 42.3 Å². The Morgan fingerprint density at radius 3 is 1.91 bits per heavy atom. The fourth-order valence-electron chi connectivity index (χ4n) is 3.85. The van der Waals surface area contributed by atoms with Gasteiger partial charge in [-0.1, -0.05) is 12.1 Å². The van der Waals surface area contributed by atoms with Crippen molar-refractivity contribution in [2.75, 3.05) is 21.1 Å². The van der Waals surface area contributed by atoms with Crippen molar-refractivity contribution in [3.05, 3.63) is 70.6 Å². The molecule has 0 atom stereocenters. The average molecular weight is 503 g/mol. The van der Waals surface area contributed by atoms with Crippen molar-refractivity contribution >= 4 is 54.2 Å². The van der Waals surface area contributed by atoms with E-state index in [1.807, 2.05) is 0 Å². The van der Waals surface area contributed by atoms with E-state index < -0.39 is 37.5 Å². The molecule has 2 amide bonds. The van der Waals surface area contributed by atoms with E-state index in [1.165, 1.54) is 42.5 Å². The highest BCUT2D eigenvalue weighted by Gasteiger charge is 2.28. The molecule has 0 radical (unpaired) electrons. The molecule has 12 heteroatoms. The van der Waals surface area contributed by atoms with Crippen molar-refractivity contribution in [3.8, 4) is 11.1 Å². The SMILES string of the molecule is Cc1c(-c2ccc(N3C(=O)C=CC3=O)cc2)c(=O)oc2cc(N(S(C)(=O)=O)S(C)(=O)=O)ccc12. The number of imide groups is 1. The van der Waals surface area contributed by atoms with Crippen LogP contribution in [0.4, 0.5) is 11.4 Å². The van der Waals surface area contributed by atoms with E-state index in [0.717, 1.165) is 17.4 Å². The van der Waals surface area contributed by atoms with Gasteiger partial charge in [0.25, 0.3) is 11.8 Å². The number of hydrogen-bond acceptors (Lipinski definition) is 8. The lowest BCUT2D eigenvalue weighted by molar-refractivity contribution is -0.119. The van der Waals surface area contributed by atoms with Crippen LogP contribution in [-0.4, -0.2) is 41.2 Å². The number of aryl methyl sites for hydroxylation is 1. The number of benzene rings is 2. The largest absolute Gasteiger partial charge is 0.422 e. The summed E-state index contributed by atoms with van der Waals surface area (Å²) < 4.78 is 53.9. The van der Waals surface area contributed by atoms with Crippen molar-refractivity contribution in [1.82, 2.24) is 0 Å². The molecule has 0 spiro atoms. The number of anilines is 2. The molecule has 0 saturated heterocycles. The van der Waals surface area contributed by atoms with Gasteiger partial charge < -0.3 is 4.42 Å². The van der Waals surface area contributed by atoms with Gasteiger partial charge in [0, 0.05) is 23.6 Å². The summed E-state index contributed by atoms with van der Waals surface area (Å²) in [5, 5.41) is 0.471. The van der Waals surface area contributed by atoms with Crippen molar-refractivity contribution in [1.29, 1.82) is 0 Å². The Morgan fingerprint density at radius 2 is 1.38 bits per heavy atom. The van der Waals surface area contributed by atoms with Gasteiger partial charge in [-0.15, -0.1) is 0 Å². The summed E-state index contributed by atoms with van der Waals surface area (Å²) in [6.45, 7) is 1.67. The first-order valence-electron chi connectivity index (χ1n) is 9.73. The first kappa shape index (κ1) is 23.4. The first-order chi connectivity index (χ1) is 15.8. The lowest BCUT2D eigenvalue weighted by Gasteiger charge is -2.20. The van der Waals surface area contributed by atoms with Crippen LogP contribution in [0.3, 0.4) is 0 Å². The molecule has 0 saturated carbocycles. The minimum atomic E-state index is -4.17. The zero-order valence-corrected chi connectivity index (χ0v) is 19.8. The normalized spacial score (nSPS) is 14.3. The molecule has 1 aliphatic rings. The van der Waals surface area contributed by atoms with Crippen molar-refractivity contribution < 1.29 is 30.8 Å². The van der Waals surface area contributed by atoms with E-state index in [2.05, 4.69) is 0 Å². The molecular weight excluding hydrogens is 484 g/mol. The van der Waals surface area contributed by atoms with Gasteiger partial charge in [0.15, 0.2) is 0 Å². The van der Waals surface area contributed by atoms with Gasteiger partial charge in [0.1, 0.15) is 5.58 Å². The average Bonchev–Trinajstić information content (AvgIpc) is 3.04. The van der Waals surface area contributed by atoms with Gasteiger partial charge in [0.2, 0.25) is 20.0 Å². The summed E-state index contributed by atoms with van der Waals surface area (Å²) in [4.78, 5) is 37.6. The highest BCUT2D eigenvalue weighted by molar-refractivity contribution is 8.09. The highest BCUT2D eigenvalue weighted by Crippen LogP contribution is 2.32. The third-order valence-corrected chi connectivity index (χ3v) is 8.44. The summed E-state index contributed by atoms with van der Waals surface area (Å²) in [7, 11) is -8.33. The van der Waals surface area contributed by atoms with Crippen LogP contribution < -0.4 is 14.2 Å². The van der Waals surface area contributed by atoms with Gasteiger partial charge >= 0.3 is 5.63 Å². The molecular formula is C22H18N2O8S2. The fourth-order valence-corrected chi connectivity index (χ4v) is 6.81. The molecule has 4 rings (SSSR count). The zero-order valence-electron chi connectivity index (χ0n) is 18.2. The van der Waals surface area contributed by atoms with E-state index in [4.69, 9.17) is 4.42 Å². The van der Waals surface area contributed by atoms with Crippen LogP contribution in [0.1, 0.15) is 5.56 Å². The second kappa shape index (κ2) is 7.92. The maximum Gasteiger partial charge on any atom is 0.344 e. The minimum absolute atomic E-state index is 0.0111. The molecule has 1 aromatic heterocycles. The highest BCUT2D eigenvalue weighted by atomic mass is 32.3. The van der Waals surface area contributed by atoms with Crippen LogP contribution in [0.2, 0.25) is 0 Å². The van der Waals surface area contributed by atoms with E-state index in [9.17, 15) is 31.2 Å². The standard InChI is InChI=1S/C22H18N2O8S2/c1-13-17-9-8-16(24(33(2,28)29)34(3,30)31)12-18(17)32-22(27)21(13)14-4-6-15(7-5-14)23-19(25)10-11-20(23)26/h4-12H,1-3H3. The number of carbonyl (C=O) groups is 2. The first-order valence-corrected chi connectivity index (χ1v) is 13.4. The summed E-state index contributed by atoms with van der Waals surface area (Å²) in [5.74, 6) is -0.931. The van der Waals surface area contributed by atoms with Crippen LogP contribution in [0, 0.1) is 6.92 Å². The molecule has 3 aromatic rings. The number of carbonyl (C=O) groups excluding carboxylic acids is 2. The molecule has 0 fully saturated rings. The maximum atomic E-state index is 12.8. The van der Waals surface area contributed by atoms with Crippen LogP contribution in [0.25, 0.3) is 22.1 Å². The third-order valence-electron chi connectivity index (χ3n) is 5.19. The van der Waals surface area contributed by atoms with Gasteiger partial charge in [-0.3, -0.25) is 9.59 Å². The third kappa shape index (κ3) is 4.01. The predicted octanol–water partition coefficient (Wildman–Crippen LogP) is 1.92. The second-order valence-corrected chi connectivity index (χ2v) is 11.6. The molecule has 0 N–H and O–H groups in total. The van der Waals surface area contributed by atoms with E-state index in [-0.39, 0.29) is 20.5 Å². The van der Waals surface area contributed by atoms with Gasteiger partial charge in [0.05, 0.1) is 29.4 Å². The number of sulfonamides is 2. The predicted molar refractivity (Wildman–Crippen MR) is 126 cm³/mol. The topological polar surface area (TPSA) is 139 Å². The van der Waals surface area contributed by atoms with Crippen LogP contribution in [0.15, 0.2) is 63.8 Å². The Balaban J connectivity index is 1.81. The Kier molecular flexibility index (Phi) is 5.45. The van der Waals surface area contributed by atoms with Crippen molar-refractivity contribution in [2.24, 2.45) is 0 Å². The van der Waals surface area contributed by atoms with Crippen LogP contribution >= 0.6 is 0 Å². The summed E-state index contributed by atoms with van der Waals surface area (Å²) in [6.07, 6.45) is 3.85. The Bertz CT molecular complexity index is 1620. The monoisotopic (exact) mass is 502 g/mol. The molecule has 2 aromatic carbocycles. The summed E-state index contributed by atoms with van der Waals surface area (Å²) in [5.41, 5.74) is 0.663. The Labute approximate surface area is 194 Å². The summed E-state index contributed by atoms with van der Waals surface area (Å²) >= 11 is 0. The number of nitrogens with zero attached hydrogens (tertiary/aromatic N) is 2. The molecule has 34 heavy (non-hydrogen) atoms. The van der Waals surface area contributed by atoms with Gasteiger partial charge in [-0.25, -0.2) is 26.5 Å². The molecule has 2 heterocycles. The van der Waals surface area contributed by atoms with E-state index >= 15 is 0 Å². The van der Waals surface area contributed by atoms with Gasteiger partial charge in [-0.2, -0.15) is 3.71 Å². The lowest BCUT2D eigenvalue weighted by Crippen LogP contribution is -2.35. The number of fused-ring (bicyclic) bond motifs is 1. The minimum Gasteiger partial charge on any atom is -0.422 e. The smallest absolute Gasteiger partial charge is 0.344 e. The van der Waals surface area contributed by atoms with Crippen molar-refractivity contribution in [3.63, 3.8) is 0 Å². The lowest BCUT2D eigenvalue weighted by atomic mass is 9.99. The van der Waals surface area contributed by atoms with E-state index in [1.54, 1.807) is 19.1 Å². The van der Waals surface area contributed by atoms with Crippen LogP contribution in [-0.2, 0) is 29.6 Å². The molecule has 176 valence electrons. The Hall–Kier alpha value is -3.77. The second-order valence-electron chi connectivity index (χ2n) is 7.69. The molecule has 0 bridgehead atoms. The Morgan fingerprint density at radius 1 is 0.824 bits per heavy atom. The van der Waals surface area contributed by atoms with Crippen molar-refractivity contribution in [2.45, 2.75) is 6.92 Å². The summed E-state index contributed by atoms with van der Waals surface area (Å²) in [6, 6.07) is 10.2. The van der Waals surface area contributed by atoms with E-state index in [0.29, 0.717) is 22.2 Å². The molecule has 10 nitrogen and oxygen atoms in total. The number of amides is 2. The molecule has 1 aliphatic heterocycles. The number of hydrogen-bond donors (Lipinski definition) is 0. The van der Waals surface area contributed by atoms with Crippen LogP contribution in [0.5, 0.6) is 0 Å². The quantitative estimate of drug-likeness (QED) is 0.381. The fraction of sp³-hybridized carbons (Fsp3) is 0.136. The zero-order chi connectivity index (χ0) is 25.0. The molecule has 0 unspecified atom stereocenters. The maximum absolute atomic E-state index is 12.8. The number of rotatable bonds is 5. The molecule has 0 aliphatic carbocycles.